The summed E-state index contributed by atoms with van der Waals surface area (Å²) in [5, 5.41) is 2.30. The molecule has 0 radical (unpaired) electrons. The topological polar surface area (TPSA) is 49.9 Å². The second kappa shape index (κ2) is 6.66. The Kier molecular flexibility index (Phi) is 4.44. The van der Waals surface area contributed by atoms with Gasteiger partial charge in [-0.15, -0.1) is 0 Å². The van der Waals surface area contributed by atoms with E-state index in [0.717, 1.165) is 16.8 Å². The van der Waals surface area contributed by atoms with Gasteiger partial charge in [0, 0.05) is 11.1 Å². The maximum atomic E-state index is 13.1. The van der Waals surface area contributed by atoms with Gasteiger partial charge in [-0.1, -0.05) is 41.4 Å². The summed E-state index contributed by atoms with van der Waals surface area (Å²) < 4.78 is 0. The first-order valence-electron chi connectivity index (χ1n) is 9.03. The van der Waals surface area contributed by atoms with Gasteiger partial charge >= 0.3 is 0 Å². The lowest BCUT2D eigenvalue weighted by Crippen LogP contribution is -2.41. The molecule has 5 nitrogen and oxygen atoms in total. The molecule has 2 fully saturated rings. The summed E-state index contributed by atoms with van der Waals surface area (Å²) in [6, 6.07) is 14.6. The number of benzene rings is 2. The normalized spacial score (nSPS) is 24.9. The van der Waals surface area contributed by atoms with E-state index < -0.39 is 12.0 Å². The van der Waals surface area contributed by atoms with Crippen LogP contribution in [0.5, 0.6) is 0 Å². The zero-order chi connectivity index (χ0) is 19.3. The molecule has 0 aromatic heterocycles. The molecule has 4 rings (SSSR count). The van der Waals surface area contributed by atoms with Crippen LogP contribution in [0.15, 0.2) is 48.5 Å². The molecule has 6 heteroatoms. The number of aryl methyl sites for hydroxylation is 1. The van der Waals surface area contributed by atoms with Gasteiger partial charge in [-0.25, -0.2) is 5.06 Å². The third-order valence-corrected chi connectivity index (χ3v) is 5.42. The van der Waals surface area contributed by atoms with Crippen LogP contribution < -0.4 is 5.06 Å². The summed E-state index contributed by atoms with van der Waals surface area (Å²) in [6.45, 7) is 5.70. The predicted molar refractivity (Wildman–Crippen MR) is 103 cm³/mol. The Morgan fingerprint density at radius 2 is 1.59 bits per heavy atom. The fraction of sp³-hybridized carbons (Fsp3) is 0.333. The molecule has 0 unspecified atom stereocenters. The predicted octanol–water partition coefficient (Wildman–Crippen LogP) is 3.90. The maximum Gasteiger partial charge on any atom is 0.262 e. The maximum absolute atomic E-state index is 13.1. The van der Waals surface area contributed by atoms with Crippen molar-refractivity contribution in [2.45, 2.75) is 39.0 Å². The molecule has 2 amide bonds. The van der Waals surface area contributed by atoms with Crippen molar-refractivity contribution in [3.05, 3.63) is 64.7 Å². The molecule has 2 aliphatic rings. The standard InChI is InChI=1S/C21H21ClN2O3/c1-12(2)23-20(25)17-18(14-6-4-13(3)5-7-14)24(27-19(17)21(23)26)16-10-8-15(22)9-11-16/h4-12,17-19H,1-3H3/t17-,18+,19-/m0/s1. The second-order valence-electron chi connectivity index (χ2n) is 7.35. The molecule has 27 heavy (non-hydrogen) atoms. The number of imide groups is 1. The van der Waals surface area contributed by atoms with E-state index in [0.29, 0.717) is 5.02 Å². The minimum absolute atomic E-state index is 0.179. The molecule has 0 saturated carbocycles. The van der Waals surface area contributed by atoms with Crippen LogP contribution >= 0.6 is 11.6 Å². The quantitative estimate of drug-likeness (QED) is 0.753. The van der Waals surface area contributed by atoms with Crippen molar-refractivity contribution < 1.29 is 14.4 Å². The molecule has 0 spiro atoms. The third kappa shape index (κ3) is 2.91. The Morgan fingerprint density at radius 3 is 2.19 bits per heavy atom. The van der Waals surface area contributed by atoms with Crippen LogP contribution in [0.3, 0.4) is 0 Å². The molecule has 2 heterocycles. The molecule has 140 valence electrons. The van der Waals surface area contributed by atoms with Crippen molar-refractivity contribution in [2.75, 3.05) is 5.06 Å². The smallest absolute Gasteiger partial charge is 0.262 e. The van der Waals surface area contributed by atoms with Crippen LogP contribution in [0, 0.1) is 12.8 Å². The molecule has 3 atom stereocenters. The Labute approximate surface area is 163 Å². The minimum atomic E-state index is -0.804. The molecule has 2 aliphatic heterocycles. The van der Waals surface area contributed by atoms with E-state index in [2.05, 4.69) is 0 Å². The lowest BCUT2D eigenvalue weighted by molar-refractivity contribution is -0.145. The highest BCUT2D eigenvalue weighted by Gasteiger charge is 2.60. The molecule has 0 bridgehead atoms. The average Bonchev–Trinajstić information content (AvgIpc) is 3.13. The Hall–Kier alpha value is -2.37. The minimum Gasteiger partial charge on any atom is -0.277 e. The van der Waals surface area contributed by atoms with E-state index in [1.54, 1.807) is 17.2 Å². The van der Waals surface area contributed by atoms with Gasteiger partial charge in [0.2, 0.25) is 5.91 Å². The lowest BCUT2D eigenvalue weighted by Gasteiger charge is -2.29. The first-order chi connectivity index (χ1) is 12.9. The Morgan fingerprint density at radius 1 is 0.963 bits per heavy atom. The lowest BCUT2D eigenvalue weighted by atomic mass is 9.90. The zero-order valence-corrected chi connectivity index (χ0v) is 16.2. The van der Waals surface area contributed by atoms with E-state index >= 15 is 0 Å². The van der Waals surface area contributed by atoms with Gasteiger partial charge in [0.25, 0.3) is 5.91 Å². The van der Waals surface area contributed by atoms with Gasteiger partial charge in [-0.2, -0.15) is 0 Å². The summed E-state index contributed by atoms with van der Waals surface area (Å²) in [4.78, 5) is 33.3. The van der Waals surface area contributed by atoms with Crippen molar-refractivity contribution in [2.24, 2.45) is 5.92 Å². The Bertz CT molecular complexity index is 879. The Balaban J connectivity index is 1.79. The molecular formula is C21H21ClN2O3. The van der Waals surface area contributed by atoms with E-state index in [1.165, 1.54) is 4.90 Å². The van der Waals surface area contributed by atoms with E-state index in [4.69, 9.17) is 16.4 Å². The number of hydrogen-bond acceptors (Lipinski definition) is 4. The van der Waals surface area contributed by atoms with Gasteiger partial charge in [0.05, 0.1) is 11.7 Å². The van der Waals surface area contributed by atoms with Crippen molar-refractivity contribution >= 4 is 29.1 Å². The van der Waals surface area contributed by atoms with E-state index in [9.17, 15) is 9.59 Å². The van der Waals surface area contributed by atoms with Gasteiger partial charge < -0.3 is 0 Å². The van der Waals surface area contributed by atoms with Crippen LogP contribution in [0.4, 0.5) is 5.69 Å². The molecular weight excluding hydrogens is 364 g/mol. The number of halogens is 1. The number of likely N-dealkylation sites (tertiary alicyclic amines) is 1. The summed E-state index contributed by atoms with van der Waals surface area (Å²) in [6.07, 6.45) is -0.804. The van der Waals surface area contributed by atoms with E-state index in [1.807, 2.05) is 57.2 Å². The largest absolute Gasteiger partial charge is 0.277 e. The molecule has 0 N–H and O–H groups in total. The third-order valence-electron chi connectivity index (χ3n) is 5.17. The van der Waals surface area contributed by atoms with Crippen LogP contribution in [-0.2, 0) is 14.4 Å². The van der Waals surface area contributed by atoms with Crippen LogP contribution in [0.1, 0.15) is 31.0 Å². The molecule has 0 aliphatic carbocycles. The summed E-state index contributed by atoms with van der Waals surface area (Å²) in [7, 11) is 0. The molecule has 2 saturated heterocycles. The van der Waals surface area contributed by atoms with Crippen molar-refractivity contribution in [3.63, 3.8) is 0 Å². The molecule has 2 aromatic rings. The highest BCUT2D eigenvalue weighted by Crippen LogP contribution is 2.47. The van der Waals surface area contributed by atoms with Gasteiger partial charge in [0.1, 0.15) is 5.92 Å². The summed E-state index contributed by atoms with van der Waals surface area (Å²) >= 11 is 6.01. The van der Waals surface area contributed by atoms with Crippen molar-refractivity contribution in [3.8, 4) is 0 Å². The number of anilines is 1. The first-order valence-corrected chi connectivity index (χ1v) is 9.41. The van der Waals surface area contributed by atoms with Gasteiger partial charge in [-0.3, -0.25) is 19.3 Å². The van der Waals surface area contributed by atoms with Gasteiger partial charge in [0.15, 0.2) is 6.10 Å². The number of hydroxylamine groups is 1. The van der Waals surface area contributed by atoms with Crippen LogP contribution in [0.2, 0.25) is 5.02 Å². The summed E-state index contributed by atoms with van der Waals surface area (Å²) in [5.74, 6) is -1.02. The SMILES string of the molecule is Cc1ccc([C@@H]2[C@@H]3C(=O)N(C(C)C)C(=O)[C@H]3ON2c2ccc(Cl)cc2)cc1. The number of rotatable bonds is 3. The second-order valence-corrected chi connectivity index (χ2v) is 7.79. The number of carbonyl (C=O) groups excluding carboxylic acids is 2. The number of carbonyl (C=O) groups is 2. The number of amides is 2. The van der Waals surface area contributed by atoms with Gasteiger partial charge in [-0.05, 0) is 50.6 Å². The molecule has 2 aromatic carbocycles. The number of hydrogen-bond donors (Lipinski definition) is 0. The van der Waals surface area contributed by atoms with E-state index in [-0.39, 0.29) is 23.9 Å². The van der Waals surface area contributed by atoms with Crippen LogP contribution in [0.25, 0.3) is 0 Å². The van der Waals surface area contributed by atoms with Crippen molar-refractivity contribution in [1.82, 2.24) is 4.90 Å². The van der Waals surface area contributed by atoms with Crippen molar-refractivity contribution in [1.29, 1.82) is 0 Å². The fourth-order valence-electron chi connectivity index (χ4n) is 3.86. The highest BCUT2D eigenvalue weighted by molar-refractivity contribution is 6.30. The fourth-order valence-corrected chi connectivity index (χ4v) is 3.99. The first kappa shape index (κ1) is 18.0. The zero-order valence-electron chi connectivity index (χ0n) is 15.4. The number of fused-ring (bicyclic) bond motifs is 1. The highest BCUT2D eigenvalue weighted by atomic mass is 35.5. The van der Waals surface area contributed by atoms with Crippen LogP contribution in [-0.4, -0.2) is 28.9 Å². The average molecular weight is 385 g/mol. The summed E-state index contributed by atoms with van der Waals surface area (Å²) in [5.41, 5.74) is 2.83. The monoisotopic (exact) mass is 384 g/mol. The number of nitrogens with zero attached hydrogens (tertiary/aromatic N) is 2.